The van der Waals surface area contributed by atoms with Gasteiger partial charge in [0, 0.05) is 21.2 Å². The minimum atomic E-state index is 1.00. The van der Waals surface area contributed by atoms with Gasteiger partial charge < -0.3 is 4.90 Å². The van der Waals surface area contributed by atoms with Crippen LogP contribution in [0.5, 0.6) is 0 Å². The third-order valence-electron chi connectivity index (χ3n) is 3.15. The zero-order chi connectivity index (χ0) is 12.5. The normalized spacial score (nSPS) is 13.1. The van der Waals surface area contributed by atoms with Gasteiger partial charge in [0.2, 0.25) is 0 Å². The van der Waals surface area contributed by atoms with Crippen LogP contribution in [0.3, 0.4) is 0 Å². The van der Waals surface area contributed by atoms with Crippen LogP contribution in [-0.4, -0.2) is 12.8 Å². The number of hydrogen-bond donors (Lipinski definition) is 0. The zero-order valence-electron chi connectivity index (χ0n) is 10.5. The average molecular weight is 273 g/mol. The first-order valence-electron chi connectivity index (χ1n) is 6.06. The first kappa shape index (κ1) is 12.0. The third kappa shape index (κ3) is 1.82. The van der Waals surface area contributed by atoms with Gasteiger partial charge in [0.05, 0.1) is 11.4 Å². The van der Waals surface area contributed by atoms with Crippen molar-refractivity contribution < 1.29 is 0 Å². The Hall–Kier alpha value is -1.06. The Kier molecular flexibility index (Phi) is 3.27. The van der Waals surface area contributed by atoms with Crippen LogP contribution in [0.1, 0.15) is 6.92 Å². The smallest absolute Gasteiger partial charge is 0.0564 e. The molecule has 3 heteroatoms. The SMILES string of the molecule is CCN1c2ccccc2Sc2c(SC)cccc21. The van der Waals surface area contributed by atoms with Crippen molar-refractivity contribution in [1.82, 2.24) is 0 Å². The van der Waals surface area contributed by atoms with Crippen LogP contribution in [0, 0.1) is 0 Å². The number of benzene rings is 2. The quantitative estimate of drug-likeness (QED) is 0.706. The summed E-state index contributed by atoms with van der Waals surface area (Å²) >= 11 is 3.71. The molecule has 2 aromatic carbocycles. The zero-order valence-corrected chi connectivity index (χ0v) is 12.1. The van der Waals surface area contributed by atoms with Gasteiger partial charge in [-0.05, 0) is 37.4 Å². The summed E-state index contributed by atoms with van der Waals surface area (Å²) in [4.78, 5) is 6.52. The Morgan fingerprint density at radius 3 is 2.61 bits per heavy atom. The van der Waals surface area contributed by atoms with Gasteiger partial charge in [-0.3, -0.25) is 0 Å². The van der Waals surface area contributed by atoms with Crippen LogP contribution in [0.15, 0.2) is 57.2 Å². The van der Waals surface area contributed by atoms with E-state index in [0.29, 0.717) is 0 Å². The number of fused-ring (bicyclic) bond motifs is 2. The Balaban J connectivity index is 2.20. The van der Waals surface area contributed by atoms with Crippen molar-refractivity contribution in [2.45, 2.75) is 21.6 Å². The van der Waals surface area contributed by atoms with Crippen LogP contribution < -0.4 is 4.90 Å². The molecule has 2 aromatic rings. The van der Waals surface area contributed by atoms with Crippen LogP contribution in [0.4, 0.5) is 11.4 Å². The van der Waals surface area contributed by atoms with E-state index in [1.54, 1.807) is 0 Å². The molecular formula is C15H15NS2. The summed E-state index contributed by atoms with van der Waals surface area (Å²) in [6, 6.07) is 15.2. The highest BCUT2D eigenvalue weighted by Crippen LogP contribution is 2.50. The lowest BCUT2D eigenvalue weighted by atomic mass is 10.2. The third-order valence-corrected chi connectivity index (χ3v) is 5.26. The summed E-state index contributed by atoms with van der Waals surface area (Å²) in [6.07, 6.45) is 2.15. The standard InChI is InChI=1S/C15H15NS2/c1-3-16-11-7-4-5-9-13(11)18-15-12(16)8-6-10-14(15)17-2/h4-10H,3H2,1-2H3. The molecule has 0 aliphatic carbocycles. The summed E-state index contributed by atoms with van der Waals surface area (Å²) in [7, 11) is 0. The molecular weight excluding hydrogens is 258 g/mol. The molecule has 1 aliphatic heterocycles. The van der Waals surface area contributed by atoms with Crippen LogP contribution in [0.2, 0.25) is 0 Å². The van der Waals surface area contributed by atoms with Crippen molar-refractivity contribution in [2.24, 2.45) is 0 Å². The van der Waals surface area contributed by atoms with Gasteiger partial charge >= 0.3 is 0 Å². The van der Waals surface area contributed by atoms with E-state index < -0.39 is 0 Å². The van der Waals surface area contributed by atoms with Crippen molar-refractivity contribution in [3.8, 4) is 0 Å². The van der Waals surface area contributed by atoms with Crippen molar-refractivity contribution in [3.63, 3.8) is 0 Å². The molecule has 0 amide bonds. The van der Waals surface area contributed by atoms with Gasteiger partial charge in [-0.2, -0.15) is 0 Å². The predicted molar refractivity (Wildman–Crippen MR) is 81.5 cm³/mol. The maximum Gasteiger partial charge on any atom is 0.0564 e. The fourth-order valence-electron chi connectivity index (χ4n) is 2.33. The van der Waals surface area contributed by atoms with Crippen LogP contribution in [0.25, 0.3) is 0 Å². The number of nitrogens with zero attached hydrogens (tertiary/aromatic N) is 1. The first-order valence-corrected chi connectivity index (χ1v) is 8.10. The van der Waals surface area contributed by atoms with Gasteiger partial charge in [0.25, 0.3) is 0 Å². The molecule has 3 rings (SSSR count). The molecule has 0 unspecified atom stereocenters. The van der Waals surface area contributed by atoms with E-state index in [1.807, 2.05) is 23.5 Å². The maximum absolute atomic E-state index is 2.40. The molecule has 0 aromatic heterocycles. The fraction of sp³-hybridized carbons (Fsp3) is 0.200. The van der Waals surface area contributed by atoms with Crippen molar-refractivity contribution in [3.05, 3.63) is 42.5 Å². The van der Waals surface area contributed by atoms with E-state index in [1.165, 1.54) is 26.1 Å². The highest BCUT2D eigenvalue weighted by molar-refractivity contribution is 8.02. The van der Waals surface area contributed by atoms with E-state index in [4.69, 9.17) is 0 Å². The molecule has 0 N–H and O–H groups in total. The van der Waals surface area contributed by atoms with Gasteiger partial charge in [-0.1, -0.05) is 30.0 Å². The lowest BCUT2D eigenvalue weighted by Gasteiger charge is -2.32. The Bertz CT molecular complexity index is 580. The van der Waals surface area contributed by atoms with Crippen LogP contribution in [-0.2, 0) is 0 Å². The Morgan fingerprint density at radius 2 is 1.83 bits per heavy atom. The Morgan fingerprint density at radius 1 is 1.06 bits per heavy atom. The van der Waals surface area contributed by atoms with Gasteiger partial charge in [-0.15, -0.1) is 11.8 Å². The van der Waals surface area contributed by atoms with Gasteiger partial charge in [-0.25, -0.2) is 0 Å². The molecule has 92 valence electrons. The summed E-state index contributed by atoms with van der Waals surface area (Å²) < 4.78 is 0. The molecule has 0 bridgehead atoms. The number of rotatable bonds is 2. The molecule has 1 nitrogen and oxygen atoms in total. The van der Waals surface area contributed by atoms with Crippen molar-refractivity contribution in [1.29, 1.82) is 0 Å². The summed E-state index contributed by atoms with van der Waals surface area (Å²) in [6.45, 7) is 3.21. The van der Waals surface area contributed by atoms with E-state index >= 15 is 0 Å². The monoisotopic (exact) mass is 273 g/mol. The molecule has 0 saturated heterocycles. The largest absolute Gasteiger partial charge is 0.340 e. The van der Waals surface area contributed by atoms with E-state index in [-0.39, 0.29) is 0 Å². The van der Waals surface area contributed by atoms with E-state index in [0.717, 1.165) is 6.54 Å². The first-order chi connectivity index (χ1) is 8.85. The number of hydrogen-bond acceptors (Lipinski definition) is 3. The van der Waals surface area contributed by atoms with E-state index in [2.05, 4.69) is 60.5 Å². The fourth-order valence-corrected chi connectivity index (χ4v) is 4.31. The van der Waals surface area contributed by atoms with Gasteiger partial charge in [0.1, 0.15) is 0 Å². The highest BCUT2D eigenvalue weighted by Gasteiger charge is 2.23. The highest BCUT2D eigenvalue weighted by atomic mass is 32.2. The summed E-state index contributed by atoms with van der Waals surface area (Å²) in [5, 5.41) is 0. The van der Waals surface area contributed by atoms with E-state index in [9.17, 15) is 0 Å². The molecule has 1 aliphatic rings. The molecule has 0 atom stereocenters. The lowest BCUT2D eigenvalue weighted by molar-refractivity contribution is 0.965. The molecule has 0 saturated carbocycles. The lowest BCUT2D eigenvalue weighted by Crippen LogP contribution is -2.20. The van der Waals surface area contributed by atoms with Gasteiger partial charge in [0.15, 0.2) is 0 Å². The maximum atomic E-state index is 2.40. The second kappa shape index (κ2) is 4.90. The number of anilines is 2. The molecule has 1 heterocycles. The average Bonchev–Trinajstić information content (AvgIpc) is 2.44. The minimum absolute atomic E-state index is 1.00. The molecule has 0 radical (unpaired) electrons. The molecule has 0 spiro atoms. The Labute approximate surface area is 117 Å². The second-order valence-electron chi connectivity index (χ2n) is 4.12. The minimum Gasteiger partial charge on any atom is -0.340 e. The molecule has 0 fully saturated rings. The number of para-hydroxylation sites is 1. The molecule has 18 heavy (non-hydrogen) atoms. The number of thioether (sulfide) groups is 1. The van der Waals surface area contributed by atoms with Crippen molar-refractivity contribution >= 4 is 34.9 Å². The summed E-state index contributed by atoms with van der Waals surface area (Å²) in [5.74, 6) is 0. The second-order valence-corrected chi connectivity index (χ2v) is 6.02. The predicted octanol–water partition coefficient (Wildman–Crippen LogP) is 5.03. The topological polar surface area (TPSA) is 3.24 Å². The summed E-state index contributed by atoms with van der Waals surface area (Å²) in [5.41, 5.74) is 2.67. The van der Waals surface area contributed by atoms with Crippen LogP contribution >= 0.6 is 23.5 Å². The van der Waals surface area contributed by atoms with Crippen molar-refractivity contribution in [2.75, 3.05) is 17.7 Å².